The number of aliphatic imine (C=N–C) groups is 1. The van der Waals surface area contributed by atoms with E-state index in [2.05, 4.69) is 31.7 Å². The minimum Gasteiger partial charge on any atom is -0.383 e. The molecule has 1 rings (SSSR count). The molecule has 0 unspecified atom stereocenters. The second-order valence-electron chi connectivity index (χ2n) is 3.12. The Labute approximate surface area is 107 Å². The van der Waals surface area contributed by atoms with Gasteiger partial charge >= 0.3 is 0 Å². The van der Waals surface area contributed by atoms with Crippen molar-refractivity contribution in [1.29, 1.82) is 0 Å². The predicted molar refractivity (Wildman–Crippen MR) is 69.2 cm³/mol. The van der Waals surface area contributed by atoms with Gasteiger partial charge in [-0.05, 0) is 18.2 Å². The van der Waals surface area contributed by atoms with Gasteiger partial charge in [0.1, 0.15) is 5.82 Å². The highest BCUT2D eigenvalue weighted by molar-refractivity contribution is 9.10. The summed E-state index contributed by atoms with van der Waals surface area (Å²) in [6.45, 7) is 0.895. The summed E-state index contributed by atoms with van der Waals surface area (Å²) in [6.07, 6.45) is 0. The van der Waals surface area contributed by atoms with Gasteiger partial charge in [-0.1, -0.05) is 15.9 Å². The van der Waals surface area contributed by atoms with E-state index < -0.39 is 0 Å². The van der Waals surface area contributed by atoms with Gasteiger partial charge in [-0.3, -0.25) is 5.43 Å². The third-order valence-corrected chi connectivity index (χ3v) is 2.38. The molecule has 0 amide bonds. The van der Waals surface area contributed by atoms with Crippen LogP contribution in [-0.2, 0) is 4.74 Å². The van der Waals surface area contributed by atoms with Crippen molar-refractivity contribution < 1.29 is 9.13 Å². The van der Waals surface area contributed by atoms with Crippen molar-refractivity contribution in [2.45, 2.75) is 0 Å². The number of halogens is 2. The van der Waals surface area contributed by atoms with Crippen LogP contribution < -0.4 is 16.6 Å². The van der Waals surface area contributed by atoms with Crippen LogP contribution in [0.1, 0.15) is 0 Å². The molecule has 0 aliphatic heterocycles. The fourth-order valence-electron chi connectivity index (χ4n) is 1.09. The highest BCUT2D eigenvalue weighted by atomic mass is 79.9. The fourth-order valence-corrected chi connectivity index (χ4v) is 1.45. The van der Waals surface area contributed by atoms with Crippen molar-refractivity contribution in [2.75, 3.05) is 25.6 Å². The number of nitrogens with two attached hydrogens (primary N) is 1. The van der Waals surface area contributed by atoms with Crippen molar-refractivity contribution in [2.24, 2.45) is 10.8 Å². The summed E-state index contributed by atoms with van der Waals surface area (Å²) in [4.78, 5) is 4.06. The largest absolute Gasteiger partial charge is 0.383 e. The molecule has 0 aliphatic rings. The first-order valence-electron chi connectivity index (χ1n) is 4.89. The average Bonchev–Trinajstić information content (AvgIpc) is 2.32. The van der Waals surface area contributed by atoms with Crippen LogP contribution in [0.2, 0.25) is 0 Å². The molecule has 0 saturated carbocycles. The molecule has 5 nitrogen and oxygen atoms in total. The monoisotopic (exact) mass is 304 g/mol. The van der Waals surface area contributed by atoms with E-state index in [1.165, 1.54) is 6.07 Å². The molecule has 0 radical (unpaired) electrons. The maximum absolute atomic E-state index is 13.4. The molecule has 7 heteroatoms. The van der Waals surface area contributed by atoms with E-state index >= 15 is 0 Å². The van der Waals surface area contributed by atoms with Crippen LogP contribution in [-0.4, -0.2) is 26.2 Å². The van der Waals surface area contributed by atoms with Gasteiger partial charge in [0.05, 0.1) is 18.8 Å². The van der Waals surface area contributed by atoms with Crippen molar-refractivity contribution in [3.63, 3.8) is 0 Å². The summed E-state index contributed by atoms with van der Waals surface area (Å²) in [5.74, 6) is 5.16. The highest BCUT2D eigenvalue weighted by Gasteiger charge is 2.04. The number of anilines is 1. The Morgan fingerprint density at radius 1 is 1.59 bits per heavy atom. The first-order chi connectivity index (χ1) is 8.17. The van der Waals surface area contributed by atoms with Crippen molar-refractivity contribution in [3.05, 3.63) is 28.5 Å². The summed E-state index contributed by atoms with van der Waals surface area (Å²) in [5, 5.41) is 2.75. The number of hydrogen-bond donors (Lipinski definition) is 3. The summed E-state index contributed by atoms with van der Waals surface area (Å²) in [7, 11) is 1.58. The van der Waals surface area contributed by atoms with Crippen LogP contribution in [0.25, 0.3) is 0 Å². The molecule has 4 N–H and O–H groups in total. The Kier molecular flexibility index (Phi) is 5.88. The molecule has 0 fully saturated rings. The van der Waals surface area contributed by atoms with Gasteiger partial charge < -0.3 is 10.1 Å². The third-order valence-electron chi connectivity index (χ3n) is 1.88. The maximum Gasteiger partial charge on any atom is 0.210 e. The lowest BCUT2D eigenvalue weighted by Gasteiger charge is -2.10. The first kappa shape index (κ1) is 13.9. The van der Waals surface area contributed by atoms with Gasteiger partial charge in [0.25, 0.3) is 0 Å². The molecule has 0 saturated heterocycles. The molecule has 0 aliphatic carbocycles. The number of hydrogen-bond acceptors (Lipinski definition) is 3. The summed E-state index contributed by atoms with van der Waals surface area (Å²) < 4.78 is 19.0. The van der Waals surface area contributed by atoms with Gasteiger partial charge in [0.15, 0.2) is 0 Å². The zero-order chi connectivity index (χ0) is 12.7. The number of nitrogens with zero attached hydrogens (tertiary/aromatic N) is 1. The number of guanidine groups is 1. The highest BCUT2D eigenvalue weighted by Crippen LogP contribution is 2.19. The lowest BCUT2D eigenvalue weighted by atomic mass is 10.3. The molecular formula is C10H14BrFN4O. The molecule has 0 atom stereocenters. The quantitative estimate of drug-likeness (QED) is 0.259. The summed E-state index contributed by atoms with van der Waals surface area (Å²) >= 11 is 3.25. The first-order valence-corrected chi connectivity index (χ1v) is 5.68. The number of ether oxygens (including phenoxy) is 1. The molecule has 0 spiro atoms. The Morgan fingerprint density at radius 2 is 2.35 bits per heavy atom. The Balaban J connectivity index is 2.73. The second kappa shape index (κ2) is 7.21. The van der Waals surface area contributed by atoms with Gasteiger partial charge in [-0.2, -0.15) is 0 Å². The van der Waals surface area contributed by atoms with E-state index in [0.717, 1.165) is 4.47 Å². The van der Waals surface area contributed by atoms with Gasteiger partial charge in [-0.25, -0.2) is 15.2 Å². The minimum absolute atomic E-state index is 0.277. The number of methoxy groups -OCH3 is 1. The van der Waals surface area contributed by atoms with Crippen LogP contribution in [0.3, 0.4) is 0 Å². The second-order valence-corrected chi connectivity index (χ2v) is 4.03. The zero-order valence-electron chi connectivity index (χ0n) is 9.34. The molecule has 0 aromatic heterocycles. The SMILES string of the molecule is COCCN=C(NN)Nc1cc(Br)ccc1F. The lowest BCUT2D eigenvalue weighted by molar-refractivity contribution is 0.208. The van der Waals surface area contributed by atoms with Crippen LogP contribution >= 0.6 is 15.9 Å². The summed E-state index contributed by atoms with van der Waals surface area (Å²) in [6, 6.07) is 4.55. The van der Waals surface area contributed by atoms with Crippen molar-refractivity contribution in [1.82, 2.24) is 5.43 Å². The minimum atomic E-state index is -0.386. The van der Waals surface area contributed by atoms with Gasteiger partial charge in [0, 0.05) is 11.6 Å². The number of hydrazine groups is 1. The lowest BCUT2D eigenvalue weighted by Crippen LogP contribution is -2.36. The Morgan fingerprint density at radius 3 is 3.00 bits per heavy atom. The van der Waals surface area contributed by atoms with Gasteiger partial charge in [-0.15, -0.1) is 0 Å². The van der Waals surface area contributed by atoms with E-state index in [1.54, 1.807) is 19.2 Å². The van der Waals surface area contributed by atoms with Crippen molar-refractivity contribution in [3.8, 4) is 0 Å². The maximum atomic E-state index is 13.4. The molecule has 0 heterocycles. The molecule has 0 bridgehead atoms. The smallest absolute Gasteiger partial charge is 0.210 e. The number of nitrogens with one attached hydrogen (secondary N) is 2. The topological polar surface area (TPSA) is 71.7 Å². The van der Waals surface area contributed by atoms with Crippen LogP contribution in [0.15, 0.2) is 27.7 Å². The van der Waals surface area contributed by atoms with E-state index in [0.29, 0.717) is 13.2 Å². The average molecular weight is 305 g/mol. The van der Waals surface area contributed by atoms with Crippen LogP contribution in [0.4, 0.5) is 10.1 Å². The number of benzene rings is 1. The van der Waals surface area contributed by atoms with E-state index in [4.69, 9.17) is 10.6 Å². The van der Waals surface area contributed by atoms with E-state index in [9.17, 15) is 4.39 Å². The normalized spacial score (nSPS) is 11.4. The molecule has 94 valence electrons. The van der Waals surface area contributed by atoms with Crippen LogP contribution in [0.5, 0.6) is 0 Å². The van der Waals surface area contributed by atoms with Crippen LogP contribution in [0, 0.1) is 5.82 Å². The van der Waals surface area contributed by atoms with E-state index in [-0.39, 0.29) is 17.5 Å². The fraction of sp³-hybridized carbons (Fsp3) is 0.300. The predicted octanol–water partition coefficient (Wildman–Crippen LogP) is 1.47. The standard InChI is InChI=1S/C10H14BrFN4O/c1-17-5-4-14-10(16-13)15-9-6-7(11)2-3-8(9)12/h2-3,6H,4-5,13H2,1H3,(H2,14,15,16). The van der Waals surface area contributed by atoms with E-state index in [1.807, 2.05) is 0 Å². The van der Waals surface area contributed by atoms with Gasteiger partial charge in [0.2, 0.25) is 5.96 Å². The van der Waals surface area contributed by atoms with Crippen molar-refractivity contribution >= 4 is 27.6 Å². The molecule has 1 aromatic carbocycles. The summed E-state index contributed by atoms with van der Waals surface area (Å²) in [5.41, 5.74) is 2.64. The number of rotatable bonds is 4. The Hall–Kier alpha value is -1.18. The third kappa shape index (κ3) is 4.68. The zero-order valence-corrected chi connectivity index (χ0v) is 10.9. The Bertz CT molecular complexity index is 400. The molecule has 1 aromatic rings. The molecule has 17 heavy (non-hydrogen) atoms. The molecular weight excluding hydrogens is 291 g/mol.